The van der Waals surface area contributed by atoms with Crippen molar-refractivity contribution in [3.05, 3.63) is 75.7 Å². The maximum absolute atomic E-state index is 14.4. The number of imidazole rings is 1. The van der Waals surface area contributed by atoms with Crippen LogP contribution in [0.2, 0.25) is 0 Å². The SMILES string of the molecule is NCCCNCc1ccc(-c2c[nH]c(NCCc3nc4cc(F)c(F)cc4[nH]3)nc2=O)cc1F. The molecule has 2 heterocycles. The zero-order valence-corrected chi connectivity index (χ0v) is 18.2. The zero-order chi connectivity index (χ0) is 24.1. The molecule has 0 fully saturated rings. The van der Waals surface area contributed by atoms with Crippen molar-refractivity contribution in [2.75, 3.05) is 25.0 Å². The molecule has 11 heteroatoms. The van der Waals surface area contributed by atoms with Crippen molar-refractivity contribution >= 4 is 17.0 Å². The first kappa shape index (κ1) is 23.5. The van der Waals surface area contributed by atoms with Crippen molar-refractivity contribution in [3.63, 3.8) is 0 Å². The Hall–Kier alpha value is -3.70. The number of halogens is 3. The Morgan fingerprint density at radius 2 is 1.82 bits per heavy atom. The average Bonchev–Trinajstić information content (AvgIpc) is 3.19. The first-order valence-corrected chi connectivity index (χ1v) is 10.8. The van der Waals surface area contributed by atoms with Gasteiger partial charge in [-0.3, -0.25) is 4.79 Å². The summed E-state index contributed by atoms with van der Waals surface area (Å²) in [5.41, 5.74) is 6.82. The van der Waals surface area contributed by atoms with Crippen molar-refractivity contribution in [1.82, 2.24) is 25.3 Å². The summed E-state index contributed by atoms with van der Waals surface area (Å²) >= 11 is 0. The molecular weight excluding hydrogens is 447 g/mol. The van der Waals surface area contributed by atoms with Crippen LogP contribution in [0, 0.1) is 17.5 Å². The fourth-order valence-corrected chi connectivity index (χ4v) is 3.48. The van der Waals surface area contributed by atoms with Crippen molar-refractivity contribution in [2.45, 2.75) is 19.4 Å². The summed E-state index contributed by atoms with van der Waals surface area (Å²) in [4.78, 5) is 26.5. The summed E-state index contributed by atoms with van der Waals surface area (Å²) < 4.78 is 41.1. The summed E-state index contributed by atoms with van der Waals surface area (Å²) in [6.07, 6.45) is 2.67. The molecule has 0 aliphatic rings. The first-order chi connectivity index (χ1) is 16.4. The van der Waals surface area contributed by atoms with Crippen LogP contribution in [0.25, 0.3) is 22.2 Å². The second-order valence-corrected chi connectivity index (χ2v) is 7.74. The van der Waals surface area contributed by atoms with Gasteiger partial charge in [-0.05, 0) is 31.1 Å². The second kappa shape index (κ2) is 10.5. The molecule has 0 unspecified atom stereocenters. The summed E-state index contributed by atoms with van der Waals surface area (Å²) in [6.45, 7) is 1.99. The summed E-state index contributed by atoms with van der Waals surface area (Å²) in [5, 5.41) is 6.08. The van der Waals surface area contributed by atoms with E-state index in [1.807, 2.05) is 0 Å². The number of benzene rings is 2. The normalized spacial score (nSPS) is 11.3. The average molecular weight is 471 g/mol. The van der Waals surface area contributed by atoms with Gasteiger partial charge < -0.3 is 26.3 Å². The quantitative estimate of drug-likeness (QED) is 0.227. The van der Waals surface area contributed by atoms with Gasteiger partial charge in [0.1, 0.15) is 11.6 Å². The van der Waals surface area contributed by atoms with E-state index in [0.29, 0.717) is 60.6 Å². The van der Waals surface area contributed by atoms with Crippen LogP contribution in [0.4, 0.5) is 19.1 Å². The Morgan fingerprint density at radius 1 is 1.00 bits per heavy atom. The lowest BCUT2D eigenvalue weighted by Gasteiger charge is -2.08. The summed E-state index contributed by atoms with van der Waals surface area (Å²) in [6, 6.07) is 6.71. The zero-order valence-electron chi connectivity index (χ0n) is 18.2. The first-order valence-electron chi connectivity index (χ1n) is 10.8. The monoisotopic (exact) mass is 471 g/mol. The van der Waals surface area contributed by atoms with E-state index in [2.05, 4.69) is 30.6 Å². The standard InChI is InChI=1S/C23H24F3N7O/c24-16-8-13(2-3-14(16)11-28-6-1-5-27)15-12-30-23(33-22(15)34)29-7-4-21-31-19-9-17(25)18(26)10-20(19)32-21/h2-3,8-10,12,28H,1,4-7,11,27H2,(H,31,32)(H2,29,30,33,34). The van der Waals surface area contributed by atoms with Crippen LogP contribution < -0.4 is 21.9 Å². The van der Waals surface area contributed by atoms with E-state index in [-0.39, 0.29) is 11.5 Å². The number of hydrogen-bond donors (Lipinski definition) is 5. The minimum absolute atomic E-state index is 0.239. The summed E-state index contributed by atoms with van der Waals surface area (Å²) in [7, 11) is 0. The Morgan fingerprint density at radius 3 is 2.59 bits per heavy atom. The highest BCUT2D eigenvalue weighted by Crippen LogP contribution is 2.19. The number of H-pyrrole nitrogens is 2. The van der Waals surface area contributed by atoms with E-state index in [4.69, 9.17) is 5.73 Å². The number of fused-ring (bicyclic) bond motifs is 1. The minimum atomic E-state index is -0.959. The molecule has 8 nitrogen and oxygen atoms in total. The number of anilines is 1. The van der Waals surface area contributed by atoms with Crippen LogP contribution >= 0.6 is 0 Å². The molecule has 0 aliphatic carbocycles. The van der Waals surface area contributed by atoms with E-state index < -0.39 is 23.0 Å². The third-order valence-electron chi connectivity index (χ3n) is 5.26. The molecule has 0 bridgehead atoms. The lowest BCUT2D eigenvalue weighted by atomic mass is 10.1. The molecule has 0 aliphatic heterocycles. The molecule has 6 N–H and O–H groups in total. The highest BCUT2D eigenvalue weighted by molar-refractivity contribution is 5.75. The fraction of sp³-hybridized carbons (Fsp3) is 0.261. The second-order valence-electron chi connectivity index (χ2n) is 7.74. The molecule has 4 aromatic rings. The maximum atomic E-state index is 14.4. The number of hydrogen-bond acceptors (Lipinski definition) is 6. The number of nitrogens with one attached hydrogen (secondary N) is 4. The largest absolute Gasteiger partial charge is 0.355 e. The smallest absolute Gasteiger partial charge is 0.282 e. The predicted octanol–water partition coefficient (Wildman–Crippen LogP) is 2.82. The minimum Gasteiger partial charge on any atom is -0.355 e. The Labute approximate surface area is 192 Å². The molecule has 0 radical (unpaired) electrons. The topological polar surface area (TPSA) is 125 Å². The molecule has 0 saturated carbocycles. The van der Waals surface area contributed by atoms with Gasteiger partial charge in [-0.2, -0.15) is 4.98 Å². The Balaban J connectivity index is 1.37. The van der Waals surface area contributed by atoms with Gasteiger partial charge in [0.05, 0.1) is 16.6 Å². The highest BCUT2D eigenvalue weighted by Gasteiger charge is 2.11. The van der Waals surface area contributed by atoms with Gasteiger partial charge in [-0.25, -0.2) is 18.2 Å². The molecule has 2 aromatic carbocycles. The highest BCUT2D eigenvalue weighted by atomic mass is 19.2. The molecule has 2 aromatic heterocycles. The molecule has 0 atom stereocenters. The van der Waals surface area contributed by atoms with Crippen molar-refractivity contribution in [3.8, 4) is 11.1 Å². The number of aromatic nitrogens is 4. The third kappa shape index (κ3) is 5.43. The maximum Gasteiger partial charge on any atom is 0.282 e. The van der Waals surface area contributed by atoms with Crippen LogP contribution in [0.1, 0.15) is 17.8 Å². The van der Waals surface area contributed by atoms with Crippen LogP contribution in [0.15, 0.2) is 41.3 Å². The number of aromatic amines is 2. The van der Waals surface area contributed by atoms with Crippen molar-refractivity contribution < 1.29 is 13.2 Å². The van der Waals surface area contributed by atoms with Gasteiger partial charge in [0.2, 0.25) is 5.95 Å². The molecule has 34 heavy (non-hydrogen) atoms. The van der Waals surface area contributed by atoms with Crippen molar-refractivity contribution in [2.24, 2.45) is 5.73 Å². The molecule has 178 valence electrons. The molecule has 0 amide bonds. The number of nitrogens with zero attached hydrogens (tertiary/aromatic N) is 2. The van der Waals surface area contributed by atoms with Gasteiger partial charge in [-0.15, -0.1) is 0 Å². The van der Waals surface area contributed by atoms with Gasteiger partial charge in [0, 0.05) is 43.4 Å². The fourth-order valence-electron chi connectivity index (χ4n) is 3.48. The van der Waals surface area contributed by atoms with Crippen LogP contribution in [-0.2, 0) is 13.0 Å². The molecule has 0 spiro atoms. The number of nitrogens with two attached hydrogens (primary N) is 1. The molecule has 0 saturated heterocycles. The number of rotatable bonds is 10. The molecule has 4 rings (SSSR count). The predicted molar refractivity (Wildman–Crippen MR) is 124 cm³/mol. The van der Waals surface area contributed by atoms with Crippen LogP contribution in [0.3, 0.4) is 0 Å². The van der Waals surface area contributed by atoms with E-state index in [1.54, 1.807) is 12.1 Å². The van der Waals surface area contributed by atoms with Crippen LogP contribution in [-0.4, -0.2) is 39.6 Å². The van der Waals surface area contributed by atoms with Gasteiger partial charge in [0.15, 0.2) is 11.6 Å². The lowest BCUT2D eigenvalue weighted by Crippen LogP contribution is -2.18. The van der Waals surface area contributed by atoms with Crippen LogP contribution in [0.5, 0.6) is 0 Å². The van der Waals surface area contributed by atoms with E-state index >= 15 is 0 Å². The van der Waals surface area contributed by atoms with Gasteiger partial charge in [0.25, 0.3) is 5.56 Å². The van der Waals surface area contributed by atoms with E-state index in [9.17, 15) is 18.0 Å². The van der Waals surface area contributed by atoms with Crippen molar-refractivity contribution in [1.29, 1.82) is 0 Å². The Bertz CT molecular complexity index is 1310. The third-order valence-corrected chi connectivity index (χ3v) is 5.26. The summed E-state index contributed by atoms with van der Waals surface area (Å²) in [5.74, 6) is -1.55. The van der Waals surface area contributed by atoms with E-state index in [1.165, 1.54) is 12.3 Å². The van der Waals surface area contributed by atoms with Gasteiger partial charge >= 0.3 is 0 Å². The molecular formula is C23H24F3N7O. The van der Waals surface area contributed by atoms with Gasteiger partial charge in [-0.1, -0.05) is 12.1 Å². The van der Waals surface area contributed by atoms with E-state index in [0.717, 1.165) is 18.6 Å². The Kier molecular flexibility index (Phi) is 7.24. The lowest BCUT2D eigenvalue weighted by molar-refractivity contribution is 0.510.